The fraction of sp³-hybridized carbons (Fsp3) is 0.368. The van der Waals surface area contributed by atoms with Crippen molar-refractivity contribution in [3.8, 4) is 0 Å². The van der Waals surface area contributed by atoms with E-state index in [9.17, 15) is 14.7 Å². The Labute approximate surface area is 144 Å². The third-order valence-electron chi connectivity index (χ3n) is 5.06. The molecule has 0 saturated carbocycles. The zero-order valence-electron chi connectivity index (χ0n) is 14.1. The zero-order chi connectivity index (χ0) is 17.9. The summed E-state index contributed by atoms with van der Waals surface area (Å²) in [7, 11) is 0. The number of rotatable bonds is 2. The summed E-state index contributed by atoms with van der Waals surface area (Å²) in [5, 5.41) is 10.8. The predicted molar refractivity (Wildman–Crippen MR) is 86.0 cm³/mol. The highest BCUT2D eigenvalue weighted by Crippen LogP contribution is 2.55. The third-order valence-corrected chi connectivity index (χ3v) is 5.06. The standard InChI is InChI=1S/C19H18O6/c1-8-4-5-9(2)14-13(8)16(20)15-11(19(22)25-17(14)15)7-23-12-6-10(3)18(21)24-12/h4-7,12,15-17,20H,1-3H3. The van der Waals surface area contributed by atoms with Gasteiger partial charge >= 0.3 is 11.9 Å². The summed E-state index contributed by atoms with van der Waals surface area (Å²) in [6.45, 7) is 5.49. The molecule has 6 heteroatoms. The maximum Gasteiger partial charge on any atom is 0.338 e. The lowest BCUT2D eigenvalue weighted by Crippen LogP contribution is -2.14. The van der Waals surface area contributed by atoms with Crippen molar-refractivity contribution in [3.63, 3.8) is 0 Å². The smallest absolute Gasteiger partial charge is 0.338 e. The van der Waals surface area contributed by atoms with E-state index in [1.54, 1.807) is 6.92 Å². The number of aliphatic hydroxyl groups is 1. The number of fused-ring (bicyclic) bond motifs is 3. The molecule has 1 fully saturated rings. The van der Waals surface area contributed by atoms with Crippen LogP contribution >= 0.6 is 0 Å². The van der Waals surface area contributed by atoms with Gasteiger partial charge in [0.05, 0.1) is 23.9 Å². The van der Waals surface area contributed by atoms with Gasteiger partial charge in [-0.05, 0) is 37.5 Å². The van der Waals surface area contributed by atoms with Gasteiger partial charge in [-0.25, -0.2) is 9.59 Å². The number of esters is 2. The number of aryl methyl sites for hydroxylation is 2. The van der Waals surface area contributed by atoms with Gasteiger partial charge in [0.2, 0.25) is 0 Å². The van der Waals surface area contributed by atoms with Gasteiger partial charge in [0.15, 0.2) is 0 Å². The van der Waals surface area contributed by atoms with E-state index < -0.39 is 36.4 Å². The summed E-state index contributed by atoms with van der Waals surface area (Å²) in [5.74, 6) is -1.50. The number of aliphatic hydroxyl groups excluding tert-OH is 1. The number of cyclic esters (lactones) is 1. The molecule has 0 bridgehead atoms. The Morgan fingerprint density at radius 3 is 2.36 bits per heavy atom. The van der Waals surface area contributed by atoms with E-state index in [2.05, 4.69) is 0 Å². The number of carbonyl (C=O) groups excluding carboxylic acids is 2. The lowest BCUT2D eigenvalue weighted by atomic mass is 9.95. The normalized spacial score (nSPS) is 31.5. The third kappa shape index (κ3) is 2.28. The second-order valence-electron chi connectivity index (χ2n) is 6.66. The van der Waals surface area contributed by atoms with Crippen molar-refractivity contribution < 1.29 is 28.9 Å². The molecule has 4 unspecified atom stereocenters. The second kappa shape index (κ2) is 5.46. The van der Waals surface area contributed by atoms with Gasteiger partial charge in [0.25, 0.3) is 6.29 Å². The van der Waals surface area contributed by atoms with Crippen LogP contribution in [0.2, 0.25) is 0 Å². The van der Waals surface area contributed by atoms with Crippen molar-refractivity contribution in [2.24, 2.45) is 5.92 Å². The van der Waals surface area contributed by atoms with E-state index in [1.165, 1.54) is 12.3 Å². The molecule has 1 saturated heterocycles. The molecule has 0 aromatic heterocycles. The first-order valence-electron chi connectivity index (χ1n) is 8.12. The first-order chi connectivity index (χ1) is 11.9. The fourth-order valence-electron chi connectivity index (χ4n) is 3.77. The molecular formula is C19H18O6. The highest BCUT2D eigenvalue weighted by atomic mass is 16.7. The largest absolute Gasteiger partial charge is 0.458 e. The summed E-state index contributed by atoms with van der Waals surface area (Å²) in [6.07, 6.45) is 0.557. The van der Waals surface area contributed by atoms with Gasteiger partial charge in [0.1, 0.15) is 6.10 Å². The molecular weight excluding hydrogens is 324 g/mol. The molecule has 4 atom stereocenters. The Kier molecular flexibility index (Phi) is 3.47. The molecule has 2 heterocycles. The maximum absolute atomic E-state index is 12.3. The minimum atomic E-state index is -0.865. The first kappa shape index (κ1) is 15.9. The van der Waals surface area contributed by atoms with Crippen LogP contribution in [0.3, 0.4) is 0 Å². The number of hydrogen-bond acceptors (Lipinski definition) is 6. The second-order valence-corrected chi connectivity index (χ2v) is 6.66. The van der Waals surface area contributed by atoms with Crippen LogP contribution < -0.4 is 0 Å². The Morgan fingerprint density at radius 1 is 1.04 bits per heavy atom. The van der Waals surface area contributed by atoms with Crippen LogP contribution in [-0.4, -0.2) is 23.3 Å². The molecule has 0 radical (unpaired) electrons. The molecule has 0 amide bonds. The highest BCUT2D eigenvalue weighted by Gasteiger charge is 2.53. The van der Waals surface area contributed by atoms with Crippen LogP contribution in [0.1, 0.15) is 41.4 Å². The summed E-state index contributed by atoms with van der Waals surface area (Å²) < 4.78 is 15.9. The van der Waals surface area contributed by atoms with Crippen LogP contribution in [0.4, 0.5) is 0 Å². The van der Waals surface area contributed by atoms with Crippen LogP contribution in [0, 0.1) is 19.8 Å². The van der Waals surface area contributed by atoms with Crippen molar-refractivity contribution in [1.29, 1.82) is 0 Å². The van der Waals surface area contributed by atoms with Crippen LogP contribution in [0.15, 0.2) is 35.6 Å². The van der Waals surface area contributed by atoms with Crippen molar-refractivity contribution in [3.05, 3.63) is 57.9 Å². The molecule has 25 heavy (non-hydrogen) atoms. The Bertz CT molecular complexity index is 850. The molecule has 2 aliphatic heterocycles. The molecule has 1 aromatic rings. The van der Waals surface area contributed by atoms with Gasteiger partial charge in [-0.2, -0.15) is 0 Å². The molecule has 3 aliphatic rings. The number of ether oxygens (including phenoxy) is 3. The van der Waals surface area contributed by atoms with Crippen molar-refractivity contribution >= 4 is 11.9 Å². The molecule has 1 aromatic carbocycles. The van der Waals surface area contributed by atoms with Gasteiger partial charge < -0.3 is 19.3 Å². The van der Waals surface area contributed by atoms with Crippen molar-refractivity contribution in [2.75, 3.05) is 0 Å². The van der Waals surface area contributed by atoms with Gasteiger partial charge in [0, 0.05) is 17.2 Å². The Hall–Kier alpha value is -2.60. The van der Waals surface area contributed by atoms with Gasteiger partial charge in [-0.3, -0.25) is 0 Å². The summed E-state index contributed by atoms with van der Waals surface area (Å²) in [6, 6.07) is 3.91. The lowest BCUT2D eigenvalue weighted by molar-refractivity contribution is -0.152. The van der Waals surface area contributed by atoms with Gasteiger partial charge in [-0.15, -0.1) is 0 Å². The highest BCUT2D eigenvalue weighted by molar-refractivity contribution is 5.92. The molecule has 1 N–H and O–H groups in total. The summed E-state index contributed by atoms with van der Waals surface area (Å²) in [4.78, 5) is 23.6. The predicted octanol–water partition coefficient (Wildman–Crippen LogP) is 2.29. The van der Waals surface area contributed by atoms with E-state index in [0.717, 1.165) is 22.3 Å². The first-order valence-corrected chi connectivity index (χ1v) is 8.12. The summed E-state index contributed by atoms with van der Waals surface area (Å²) >= 11 is 0. The lowest BCUT2D eigenvalue weighted by Gasteiger charge is -2.14. The van der Waals surface area contributed by atoms with Crippen molar-refractivity contribution in [1.82, 2.24) is 0 Å². The SMILES string of the molecule is CC1=CC(OC=C2C(=O)OC3c4c(C)ccc(C)c4C(O)C23)OC1=O. The minimum Gasteiger partial charge on any atom is -0.458 e. The minimum absolute atomic E-state index is 0.251. The van der Waals surface area contributed by atoms with Crippen LogP contribution in [0.25, 0.3) is 0 Å². The summed E-state index contributed by atoms with van der Waals surface area (Å²) in [5.41, 5.74) is 4.33. The van der Waals surface area contributed by atoms with E-state index >= 15 is 0 Å². The molecule has 1 aliphatic carbocycles. The average molecular weight is 342 g/mol. The monoisotopic (exact) mass is 342 g/mol. The van der Waals surface area contributed by atoms with E-state index in [4.69, 9.17) is 14.2 Å². The zero-order valence-corrected chi connectivity index (χ0v) is 14.1. The molecule has 4 rings (SSSR count). The van der Waals surface area contributed by atoms with E-state index in [1.807, 2.05) is 26.0 Å². The Balaban J connectivity index is 1.66. The van der Waals surface area contributed by atoms with Crippen LogP contribution in [-0.2, 0) is 23.8 Å². The van der Waals surface area contributed by atoms with Gasteiger partial charge in [-0.1, -0.05) is 12.1 Å². The van der Waals surface area contributed by atoms with E-state index in [0.29, 0.717) is 5.57 Å². The van der Waals surface area contributed by atoms with Crippen LogP contribution in [0.5, 0.6) is 0 Å². The topological polar surface area (TPSA) is 82.1 Å². The average Bonchev–Trinajstić information content (AvgIpc) is 3.15. The van der Waals surface area contributed by atoms with E-state index in [-0.39, 0.29) is 5.57 Å². The quantitative estimate of drug-likeness (QED) is 0.504. The molecule has 6 nitrogen and oxygen atoms in total. The Morgan fingerprint density at radius 2 is 1.72 bits per heavy atom. The number of carbonyl (C=O) groups is 2. The number of benzene rings is 1. The molecule has 0 spiro atoms. The van der Waals surface area contributed by atoms with Crippen molar-refractivity contribution in [2.45, 2.75) is 39.3 Å². The fourth-order valence-corrected chi connectivity index (χ4v) is 3.77. The maximum atomic E-state index is 12.3. The molecule has 130 valence electrons. The number of hydrogen-bond donors (Lipinski definition) is 1.